The van der Waals surface area contributed by atoms with Gasteiger partial charge in [0.25, 0.3) is 11.1 Å². The normalized spacial score (nSPS) is 10.6. The van der Waals surface area contributed by atoms with Gasteiger partial charge in [-0.15, -0.1) is 10.2 Å². The fraction of sp³-hybridized carbons (Fsp3) is 0.200. The number of thiazole rings is 1. The van der Waals surface area contributed by atoms with Crippen molar-refractivity contribution < 1.29 is 14.0 Å². The Morgan fingerprint density at radius 3 is 2.84 bits per heavy atom. The molecule has 8 nitrogen and oxygen atoms in total. The number of nitrogens with zero attached hydrogens (tertiary/aromatic N) is 4. The zero-order valence-corrected chi connectivity index (χ0v) is 15.0. The zero-order valence-electron chi connectivity index (χ0n) is 13.3. The molecule has 1 N–H and O–H groups in total. The molecule has 1 amide bonds. The van der Waals surface area contributed by atoms with Gasteiger partial charge in [-0.25, -0.2) is 4.98 Å². The van der Waals surface area contributed by atoms with E-state index in [9.17, 15) is 9.59 Å². The summed E-state index contributed by atoms with van der Waals surface area (Å²) in [5.74, 6) is 0.0344. The maximum Gasteiger partial charge on any atom is 0.277 e. The second kappa shape index (κ2) is 7.53. The monoisotopic (exact) mass is 375 g/mol. The maximum absolute atomic E-state index is 12.0. The molecular formula is C15H13N5O3S2. The van der Waals surface area contributed by atoms with Gasteiger partial charge in [-0.05, 0) is 19.1 Å². The van der Waals surface area contributed by atoms with Crippen molar-refractivity contribution in [3.63, 3.8) is 0 Å². The van der Waals surface area contributed by atoms with E-state index in [-0.39, 0.29) is 22.7 Å². The number of Topliss-reactive ketones (excluding diaryl/α,β-unsaturated/α-hetero) is 1. The number of ketones is 1. The third-order valence-corrected chi connectivity index (χ3v) is 4.97. The molecule has 3 rings (SSSR count). The van der Waals surface area contributed by atoms with Crippen LogP contribution in [0.5, 0.6) is 0 Å². The van der Waals surface area contributed by atoms with E-state index < -0.39 is 0 Å². The highest BCUT2D eigenvalue weighted by Gasteiger charge is 2.15. The second-order valence-corrected chi connectivity index (χ2v) is 6.84. The molecule has 0 spiro atoms. The molecule has 0 saturated heterocycles. The summed E-state index contributed by atoms with van der Waals surface area (Å²) in [5.41, 5.74) is 1.18. The SMILES string of the molecule is CC(=O)c1sc(NC(=O)CSc2nnc(-c3ccccn3)o2)nc1C. The Hall–Kier alpha value is -2.59. The van der Waals surface area contributed by atoms with E-state index in [1.165, 1.54) is 6.92 Å². The third kappa shape index (κ3) is 4.28. The molecular weight excluding hydrogens is 362 g/mol. The van der Waals surface area contributed by atoms with Crippen LogP contribution in [0.1, 0.15) is 22.3 Å². The molecule has 0 saturated carbocycles. The molecule has 0 radical (unpaired) electrons. The average molecular weight is 375 g/mol. The largest absolute Gasteiger partial charge is 0.410 e. The minimum Gasteiger partial charge on any atom is -0.410 e. The molecule has 0 atom stereocenters. The van der Waals surface area contributed by atoms with Crippen LogP contribution in [0.3, 0.4) is 0 Å². The van der Waals surface area contributed by atoms with Crippen molar-refractivity contribution in [1.82, 2.24) is 20.2 Å². The Kier molecular flexibility index (Phi) is 5.19. The van der Waals surface area contributed by atoms with Crippen molar-refractivity contribution in [2.45, 2.75) is 19.1 Å². The van der Waals surface area contributed by atoms with E-state index in [0.717, 1.165) is 23.1 Å². The highest BCUT2D eigenvalue weighted by Crippen LogP contribution is 2.24. The molecule has 25 heavy (non-hydrogen) atoms. The lowest BCUT2D eigenvalue weighted by atomic mass is 10.3. The minimum absolute atomic E-state index is 0.0715. The van der Waals surface area contributed by atoms with Crippen LogP contribution in [-0.4, -0.2) is 37.6 Å². The van der Waals surface area contributed by atoms with E-state index in [4.69, 9.17) is 4.42 Å². The molecule has 3 aromatic rings. The molecule has 3 heterocycles. The third-order valence-electron chi connectivity index (χ3n) is 2.98. The fourth-order valence-corrected chi connectivity index (χ4v) is 3.36. The van der Waals surface area contributed by atoms with Crippen LogP contribution >= 0.6 is 23.1 Å². The van der Waals surface area contributed by atoms with Gasteiger partial charge in [-0.2, -0.15) is 0 Å². The van der Waals surface area contributed by atoms with Crippen LogP contribution in [0.15, 0.2) is 34.0 Å². The number of pyridine rings is 1. The van der Waals surface area contributed by atoms with E-state index in [0.29, 0.717) is 27.3 Å². The predicted molar refractivity (Wildman–Crippen MR) is 93.7 cm³/mol. The molecule has 10 heteroatoms. The molecule has 3 aromatic heterocycles. The second-order valence-electron chi connectivity index (χ2n) is 4.91. The lowest BCUT2D eigenvalue weighted by Crippen LogP contribution is -2.13. The number of carbonyl (C=O) groups is 2. The Bertz CT molecular complexity index is 907. The Morgan fingerprint density at radius 2 is 2.16 bits per heavy atom. The quantitative estimate of drug-likeness (QED) is 0.517. The smallest absolute Gasteiger partial charge is 0.277 e. The van der Waals surface area contributed by atoms with Crippen molar-refractivity contribution in [3.8, 4) is 11.6 Å². The van der Waals surface area contributed by atoms with Crippen molar-refractivity contribution >= 4 is 39.9 Å². The van der Waals surface area contributed by atoms with Gasteiger partial charge in [0, 0.05) is 13.1 Å². The Morgan fingerprint density at radius 1 is 1.32 bits per heavy atom. The first kappa shape index (κ1) is 17.2. The van der Waals surface area contributed by atoms with Crippen LogP contribution in [-0.2, 0) is 4.79 Å². The van der Waals surface area contributed by atoms with E-state index in [2.05, 4.69) is 25.5 Å². The highest BCUT2D eigenvalue weighted by molar-refractivity contribution is 7.99. The molecule has 0 aliphatic rings. The summed E-state index contributed by atoms with van der Waals surface area (Å²) in [7, 11) is 0. The van der Waals surface area contributed by atoms with Gasteiger partial charge in [0.15, 0.2) is 10.9 Å². The Labute approximate surface area is 151 Å². The molecule has 0 unspecified atom stereocenters. The van der Waals surface area contributed by atoms with Crippen LogP contribution in [0.25, 0.3) is 11.6 Å². The van der Waals surface area contributed by atoms with E-state index in [1.54, 1.807) is 25.3 Å². The molecule has 0 aliphatic heterocycles. The molecule has 0 bridgehead atoms. The van der Waals surface area contributed by atoms with Gasteiger partial charge in [-0.3, -0.25) is 14.6 Å². The predicted octanol–water partition coefficient (Wildman–Crippen LogP) is 2.83. The lowest BCUT2D eigenvalue weighted by Gasteiger charge is -1.98. The number of hydrogen-bond acceptors (Lipinski definition) is 9. The molecule has 128 valence electrons. The molecule has 0 fully saturated rings. The highest BCUT2D eigenvalue weighted by atomic mass is 32.2. The van der Waals surface area contributed by atoms with Gasteiger partial charge >= 0.3 is 0 Å². The summed E-state index contributed by atoms with van der Waals surface area (Å²) in [6, 6.07) is 5.36. The summed E-state index contributed by atoms with van der Waals surface area (Å²) < 4.78 is 5.47. The van der Waals surface area contributed by atoms with Gasteiger partial charge in [0.05, 0.1) is 16.3 Å². The van der Waals surface area contributed by atoms with Crippen LogP contribution in [0, 0.1) is 6.92 Å². The Balaban J connectivity index is 1.57. The average Bonchev–Trinajstić information content (AvgIpc) is 3.20. The van der Waals surface area contributed by atoms with Gasteiger partial charge < -0.3 is 9.73 Å². The van der Waals surface area contributed by atoms with E-state index in [1.807, 2.05) is 6.07 Å². The summed E-state index contributed by atoms with van der Waals surface area (Å²) in [5, 5.41) is 11.1. The summed E-state index contributed by atoms with van der Waals surface area (Å²) in [4.78, 5) is 32.2. The summed E-state index contributed by atoms with van der Waals surface area (Å²) in [6.45, 7) is 3.20. The summed E-state index contributed by atoms with van der Waals surface area (Å²) in [6.07, 6.45) is 1.63. The van der Waals surface area contributed by atoms with Crippen LogP contribution in [0.4, 0.5) is 5.13 Å². The number of hydrogen-bond donors (Lipinski definition) is 1. The number of aryl methyl sites for hydroxylation is 1. The van der Waals surface area contributed by atoms with Crippen molar-refractivity contribution in [2.24, 2.45) is 0 Å². The van der Waals surface area contributed by atoms with Crippen molar-refractivity contribution in [3.05, 3.63) is 35.0 Å². The van der Waals surface area contributed by atoms with Crippen LogP contribution < -0.4 is 5.32 Å². The first-order chi connectivity index (χ1) is 12.0. The molecule has 0 aromatic carbocycles. The topological polar surface area (TPSA) is 111 Å². The number of anilines is 1. The minimum atomic E-state index is -0.272. The number of aromatic nitrogens is 4. The fourth-order valence-electron chi connectivity index (χ4n) is 1.92. The first-order valence-corrected chi connectivity index (χ1v) is 8.99. The first-order valence-electron chi connectivity index (χ1n) is 7.19. The van der Waals surface area contributed by atoms with Crippen molar-refractivity contribution in [2.75, 3.05) is 11.1 Å². The van der Waals surface area contributed by atoms with Gasteiger partial charge in [-0.1, -0.05) is 29.2 Å². The van der Waals surface area contributed by atoms with Gasteiger partial charge in [0.2, 0.25) is 5.91 Å². The summed E-state index contributed by atoms with van der Waals surface area (Å²) >= 11 is 2.27. The van der Waals surface area contributed by atoms with E-state index >= 15 is 0 Å². The van der Waals surface area contributed by atoms with Crippen LogP contribution in [0.2, 0.25) is 0 Å². The maximum atomic E-state index is 12.0. The number of rotatable bonds is 6. The van der Waals surface area contributed by atoms with Crippen molar-refractivity contribution in [1.29, 1.82) is 0 Å². The molecule has 0 aliphatic carbocycles. The number of carbonyl (C=O) groups excluding carboxylic acids is 2. The lowest BCUT2D eigenvalue weighted by molar-refractivity contribution is -0.113. The van der Waals surface area contributed by atoms with Gasteiger partial charge in [0.1, 0.15) is 5.69 Å². The number of thioether (sulfide) groups is 1. The number of nitrogens with one attached hydrogen (secondary N) is 1. The number of amides is 1. The zero-order chi connectivity index (χ0) is 17.8. The standard InChI is InChI=1S/C15H13N5O3S2/c1-8-12(9(2)21)25-14(17-8)18-11(22)7-24-15-20-19-13(23-15)10-5-3-4-6-16-10/h3-6H,7H2,1-2H3,(H,17,18,22).